The third-order valence-electron chi connectivity index (χ3n) is 5.71. The van der Waals surface area contributed by atoms with Crippen molar-refractivity contribution >= 4 is 54.0 Å². The quantitative estimate of drug-likeness (QED) is 0.734. The maximum atomic E-state index is 12.9. The van der Waals surface area contributed by atoms with E-state index in [1.165, 1.54) is 6.20 Å². The lowest BCUT2D eigenvalue weighted by molar-refractivity contribution is -0.141. The number of rotatable bonds is 3. The third kappa shape index (κ3) is 5.96. The molecule has 6 nitrogen and oxygen atoms in total. The second kappa shape index (κ2) is 10.6. The van der Waals surface area contributed by atoms with Crippen LogP contribution < -0.4 is 11.1 Å². The Morgan fingerprint density at radius 1 is 1.21 bits per heavy atom. The molecular formula is C19H29Cl3N4O2. The normalized spacial score (nSPS) is 25.2. The van der Waals surface area contributed by atoms with Crippen molar-refractivity contribution in [3.63, 3.8) is 0 Å². The van der Waals surface area contributed by atoms with Crippen LogP contribution >= 0.6 is 36.4 Å². The Balaban J connectivity index is 0.00000196. The predicted octanol–water partition coefficient (Wildman–Crippen LogP) is 3.66. The van der Waals surface area contributed by atoms with Gasteiger partial charge < -0.3 is 16.0 Å². The standard InChI is InChI=1S/C19H27ClN4O2.2ClH/c1-19(21)9-3-2-4-15(19)18(26)24-10-7-13(8-11-24)17(25)23-16-6-5-14(20)12-22-16;;/h5-6,12-13,15H,2-4,7-11,21H2,1H3,(H,22,23,25);2*1H. The van der Waals surface area contributed by atoms with E-state index in [0.29, 0.717) is 36.8 Å². The van der Waals surface area contributed by atoms with Crippen molar-refractivity contribution in [2.75, 3.05) is 18.4 Å². The molecule has 0 spiro atoms. The van der Waals surface area contributed by atoms with Gasteiger partial charge in [-0.15, -0.1) is 24.8 Å². The highest BCUT2D eigenvalue weighted by molar-refractivity contribution is 6.30. The first kappa shape index (κ1) is 25.0. The lowest BCUT2D eigenvalue weighted by Gasteiger charge is -2.41. The number of amides is 2. The number of likely N-dealkylation sites (tertiary alicyclic amines) is 1. The number of pyridine rings is 1. The summed E-state index contributed by atoms with van der Waals surface area (Å²) in [5, 5.41) is 3.36. The number of hydrogen-bond donors (Lipinski definition) is 2. The molecule has 2 unspecified atom stereocenters. The molecule has 158 valence electrons. The number of hydrogen-bond acceptors (Lipinski definition) is 4. The van der Waals surface area contributed by atoms with Gasteiger partial charge in [0.2, 0.25) is 11.8 Å². The number of carbonyl (C=O) groups excluding carboxylic acids is 2. The molecule has 1 aromatic rings. The van der Waals surface area contributed by atoms with Gasteiger partial charge >= 0.3 is 0 Å². The van der Waals surface area contributed by atoms with Crippen LogP contribution in [0, 0.1) is 11.8 Å². The summed E-state index contributed by atoms with van der Waals surface area (Å²) in [6.07, 6.45) is 6.77. The zero-order valence-electron chi connectivity index (χ0n) is 16.0. The van der Waals surface area contributed by atoms with Gasteiger partial charge in [-0.25, -0.2) is 4.98 Å². The van der Waals surface area contributed by atoms with E-state index in [2.05, 4.69) is 10.3 Å². The number of aromatic nitrogens is 1. The molecular weight excluding hydrogens is 423 g/mol. The molecule has 0 aromatic carbocycles. The summed E-state index contributed by atoms with van der Waals surface area (Å²) in [4.78, 5) is 31.3. The van der Waals surface area contributed by atoms with E-state index >= 15 is 0 Å². The van der Waals surface area contributed by atoms with Crippen LogP contribution in [0.3, 0.4) is 0 Å². The molecule has 3 N–H and O–H groups in total. The van der Waals surface area contributed by atoms with Crippen LogP contribution in [0.1, 0.15) is 45.4 Å². The Morgan fingerprint density at radius 2 is 1.89 bits per heavy atom. The summed E-state index contributed by atoms with van der Waals surface area (Å²) in [7, 11) is 0. The number of carbonyl (C=O) groups is 2. The van der Waals surface area contributed by atoms with Gasteiger partial charge in [-0.2, -0.15) is 0 Å². The van der Waals surface area contributed by atoms with E-state index in [0.717, 1.165) is 25.7 Å². The molecule has 1 aliphatic heterocycles. The highest BCUT2D eigenvalue weighted by atomic mass is 35.5. The monoisotopic (exact) mass is 450 g/mol. The highest BCUT2D eigenvalue weighted by Gasteiger charge is 2.40. The van der Waals surface area contributed by atoms with Crippen molar-refractivity contribution in [3.05, 3.63) is 23.4 Å². The SMILES string of the molecule is CC1(N)CCCCC1C(=O)N1CCC(C(=O)Nc2ccc(Cl)cn2)CC1.Cl.Cl. The van der Waals surface area contributed by atoms with E-state index in [-0.39, 0.29) is 48.5 Å². The molecule has 2 heterocycles. The topological polar surface area (TPSA) is 88.3 Å². The van der Waals surface area contributed by atoms with Crippen molar-refractivity contribution in [2.24, 2.45) is 17.6 Å². The van der Waals surface area contributed by atoms with Gasteiger partial charge in [0.05, 0.1) is 10.9 Å². The molecule has 9 heteroatoms. The smallest absolute Gasteiger partial charge is 0.228 e. The molecule has 3 rings (SSSR count). The van der Waals surface area contributed by atoms with Gasteiger partial charge in [0.1, 0.15) is 5.82 Å². The zero-order chi connectivity index (χ0) is 18.7. The van der Waals surface area contributed by atoms with Crippen LogP contribution in [0.4, 0.5) is 5.82 Å². The van der Waals surface area contributed by atoms with Gasteiger partial charge in [-0.3, -0.25) is 9.59 Å². The number of nitrogens with one attached hydrogen (secondary N) is 1. The summed E-state index contributed by atoms with van der Waals surface area (Å²) in [5.41, 5.74) is 5.96. The molecule has 2 aliphatic rings. The second-order valence-electron chi connectivity index (χ2n) is 7.75. The van der Waals surface area contributed by atoms with Crippen molar-refractivity contribution in [1.82, 2.24) is 9.88 Å². The molecule has 1 aromatic heterocycles. The van der Waals surface area contributed by atoms with Crippen molar-refractivity contribution in [1.29, 1.82) is 0 Å². The number of halogens is 3. The Labute approximate surface area is 183 Å². The minimum absolute atomic E-state index is 0. The molecule has 0 radical (unpaired) electrons. The molecule has 1 aliphatic carbocycles. The molecule has 2 atom stereocenters. The van der Waals surface area contributed by atoms with E-state index in [4.69, 9.17) is 17.3 Å². The fourth-order valence-corrected chi connectivity index (χ4v) is 4.14. The number of piperidine rings is 1. The molecule has 0 bridgehead atoms. The summed E-state index contributed by atoms with van der Waals surface area (Å²) in [6, 6.07) is 3.38. The first-order valence-corrected chi connectivity index (χ1v) is 9.75. The first-order chi connectivity index (χ1) is 12.4. The van der Waals surface area contributed by atoms with Crippen LogP contribution in [0.2, 0.25) is 5.02 Å². The molecule has 1 saturated heterocycles. The number of anilines is 1. The summed E-state index contributed by atoms with van der Waals surface area (Å²) in [5.74, 6) is 0.409. The van der Waals surface area contributed by atoms with Gasteiger partial charge in [0, 0.05) is 30.7 Å². The average Bonchev–Trinajstić information content (AvgIpc) is 2.63. The van der Waals surface area contributed by atoms with Gasteiger partial charge in [0.25, 0.3) is 0 Å². The fraction of sp³-hybridized carbons (Fsp3) is 0.632. The number of nitrogens with two attached hydrogens (primary N) is 1. The molecule has 2 fully saturated rings. The van der Waals surface area contributed by atoms with Gasteiger partial charge in [0.15, 0.2) is 0 Å². The van der Waals surface area contributed by atoms with Crippen LogP contribution in [0.25, 0.3) is 0 Å². The maximum absolute atomic E-state index is 12.9. The van der Waals surface area contributed by atoms with E-state index < -0.39 is 5.54 Å². The predicted molar refractivity (Wildman–Crippen MR) is 116 cm³/mol. The van der Waals surface area contributed by atoms with E-state index in [1.807, 2.05) is 11.8 Å². The lowest BCUT2D eigenvalue weighted by atomic mass is 9.73. The first-order valence-electron chi connectivity index (χ1n) is 9.37. The second-order valence-corrected chi connectivity index (χ2v) is 8.19. The largest absolute Gasteiger partial charge is 0.342 e. The van der Waals surface area contributed by atoms with Gasteiger partial charge in [-0.1, -0.05) is 24.4 Å². The Hall–Kier alpha value is -1.08. The fourth-order valence-electron chi connectivity index (χ4n) is 4.02. The third-order valence-corrected chi connectivity index (χ3v) is 5.93. The van der Waals surface area contributed by atoms with E-state index in [9.17, 15) is 9.59 Å². The highest BCUT2D eigenvalue weighted by Crippen LogP contribution is 2.34. The Kier molecular flexibility index (Phi) is 9.47. The van der Waals surface area contributed by atoms with Crippen molar-refractivity contribution in [3.8, 4) is 0 Å². The summed E-state index contributed by atoms with van der Waals surface area (Å²) in [6.45, 7) is 3.21. The van der Waals surface area contributed by atoms with Crippen LogP contribution in [-0.2, 0) is 9.59 Å². The van der Waals surface area contributed by atoms with E-state index in [1.54, 1.807) is 12.1 Å². The van der Waals surface area contributed by atoms with Crippen molar-refractivity contribution in [2.45, 2.75) is 51.0 Å². The average molecular weight is 452 g/mol. The zero-order valence-corrected chi connectivity index (χ0v) is 18.4. The van der Waals surface area contributed by atoms with Crippen LogP contribution in [-0.4, -0.2) is 40.3 Å². The number of nitrogens with zero attached hydrogens (tertiary/aromatic N) is 2. The minimum atomic E-state index is -0.413. The lowest BCUT2D eigenvalue weighted by Crippen LogP contribution is -2.55. The molecule has 2 amide bonds. The summed E-state index contributed by atoms with van der Waals surface area (Å²) < 4.78 is 0. The van der Waals surface area contributed by atoms with Crippen molar-refractivity contribution < 1.29 is 9.59 Å². The molecule has 1 saturated carbocycles. The minimum Gasteiger partial charge on any atom is -0.342 e. The maximum Gasteiger partial charge on any atom is 0.228 e. The molecule has 28 heavy (non-hydrogen) atoms. The Morgan fingerprint density at radius 3 is 2.46 bits per heavy atom. The van der Waals surface area contributed by atoms with Crippen LogP contribution in [0.15, 0.2) is 18.3 Å². The van der Waals surface area contributed by atoms with Crippen LogP contribution in [0.5, 0.6) is 0 Å². The van der Waals surface area contributed by atoms with Gasteiger partial charge in [-0.05, 0) is 44.7 Å². The Bertz CT molecular complexity index is 662. The summed E-state index contributed by atoms with van der Waals surface area (Å²) >= 11 is 5.81.